The lowest BCUT2D eigenvalue weighted by Gasteiger charge is -2.11. The molecule has 7 nitrogen and oxygen atoms in total. The van der Waals surface area contributed by atoms with Crippen molar-refractivity contribution in [3.63, 3.8) is 0 Å². The minimum atomic E-state index is -0.621. The number of ether oxygens (including phenoxy) is 2. The van der Waals surface area contributed by atoms with Crippen molar-refractivity contribution in [2.45, 2.75) is 0 Å². The van der Waals surface area contributed by atoms with Crippen LogP contribution in [0.5, 0.6) is 5.75 Å². The summed E-state index contributed by atoms with van der Waals surface area (Å²) in [5.41, 5.74) is 7.18. The third-order valence-corrected chi connectivity index (χ3v) is 3.54. The predicted molar refractivity (Wildman–Crippen MR) is 105 cm³/mol. The number of nitrogen functional groups attached to an aromatic ring is 1. The maximum absolute atomic E-state index is 11.9. The molecule has 0 atom stereocenters. The second-order valence-corrected chi connectivity index (χ2v) is 5.54. The first-order valence-electron chi connectivity index (χ1n) is 8.41. The van der Waals surface area contributed by atoms with Gasteiger partial charge >= 0.3 is 6.09 Å². The monoisotopic (exact) mass is 364 g/mol. The van der Waals surface area contributed by atoms with E-state index in [1.807, 2.05) is 60.7 Å². The number of aromatic nitrogens is 1. The number of carbonyl (C=O) groups excluding carboxylic acids is 1. The zero-order chi connectivity index (χ0) is 18.9. The highest BCUT2D eigenvalue weighted by atomic mass is 16.6. The fourth-order valence-electron chi connectivity index (χ4n) is 2.28. The highest BCUT2D eigenvalue weighted by Crippen LogP contribution is 2.21. The third kappa shape index (κ3) is 5.64. The predicted octanol–water partition coefficient (Wildman–Crippen LogP) is 4.03. The van der Waals surface area contributed by atoms with Crippen molar-refractivity contribution in [1.82, 2.24) is 4.98 Å². The van der Waals surface area contributed by atoms with Crippen LogP contribution in [0, 0.1) is 0 Å². The van der Waals surface area contributed by atoms with Gasteiger partial charge in [0.05, 0.1) is 5.69 Å². The number of rotatable bonds is 7. The number of amides is 1. The Morgan fingerprint density at radius 3 is 2.33 bits per heavy atom. The van der Waals surface area contributed by atoms with Gasteiger partial charge in [0.2, 0.25) is 0 Å². The fourth-order valence-corrected chi connectivity index (χ4v) is 2.28. The summed E-state index contributed by atoms with van der Waals surface area (Å²) >= 11 is 0. The lowest BCUT2D eigenvalue weighted by molar-refractivity contribution is 0.138. The summed E-state index contributed by atoms with van der Waals surface area (Å²) in [5.74, 6) is 1.48. The van der Waals surface area contributed by atoms with Crippen molar-refractivity contribution in [1.29, 1.82) is 0 Å². The molecule has 138 valence electrons. The largest absolute Gasteiger partial charge is 0.490 e. The van der Waals surface area contributed by atoms with E-state index in [2.05, 4.69) is 15.6 Å². The second-order valence-electron chi connectivity index (χ2n) is 5.54. The number of para-hydroxylation sites is 2. The van der Waals surface area contributed by atoms with Crippen LogP contribution >= 0.6 is 0 Å². The van der Waals surface area contributed by atoms with Gasteiger partial charge in [-0.2, -0.15) is 0 Å². The number of hydrogen-bond donors (Lipinski definition) is 3. The number of anilines is 4. The Morgan fingerprint density at radius 1 is 0.926 bits per heavy atom. The summed E-state index contributed by atoms with van der Waals surface area (Å²) in [6.07, 6.45) is -0.621. The number of benzene rings is 2. The maximum atomic E-state index is 11.9. The van der Waals surface area contributed by atoms with Gasteiger partial charge in [-0.25, -0.2) is 9.78 Å². The first-order valence-corrected chi connectivity index (χ1v) is 8.41. The van der Waals surface area contributed by atoms with Crippen LogP contribution in [0.4, 0.5) is 27.8 Å². The van der Waals surface area contributed by atoms with Crippen LogP contribution in [0.2, 0.25) is 0 Å². The Balaban J connectivity index is 1.46. The standard InChI is InChI=1S/C20H20N4O3/c21-19-17(11-12-18(24-19)22-15-7-3-1-4-8-15)23-20(25)27-14-13-26-16-9-5-2-6-10-16/h1-12H,13-14H2,(H,23,25)(H3,21,22,24). The first-order chi connectivity index (χ1) is 13.2. The van der Waals surface area contributed by atoms with Crippen molar-refractivity contribution < 1.29 is 14.3 Å². The Bertz CT molecular complexity index is 873. The number of nitrogens with zero attached hydrogens (tertiary/aromatic N) is 1. The fraction of sp³-hybridized carbons (Fsp3) is 0.100. The number of pyridine rings is 1. The number of carbonyl (C=O) groups is 1. The van der Waals surface area contributed by atoms with Crippen LogP contribution in [0.1, 0.15) is 0 Å². The number of nitrogens with one attached hydrogen (secondary N) is 2. The van der Waals surface area contributed by atoms with Crippen LogP contribution in [-0.4, -0.2) is 24.3 Å². The second kappa shape index (κ2) is 9.10. The summed E-state index contributed by atoms with van der Waals surface area (Å²) in [4.78, 5) is 16.1. The molecule has 2 aromatic carbocycles. The highest BCUT2D eigenvalue weighted by Gasteiger charge is 2.08. The molecule has 3 aromatic rings. The molecule has 0 saturated heterocycles. The minimum Gasteiger partial charge on any atom is -0.490 e. The van der Waals surface area contributed by atoms with E-state index >= 15 is 0 Å². The molecule has 1 heterocycles. The van der Waals surface area contributed by atoms with Crippen molar-refractivity contribution in [2.24, 2.45) is 0 Å². The smallest absolute Gasteiger partial charge is 0.411 e. The SMILES string of the molecule is Nc1nc(Nc2ccccc2)ccc1NC(=O)OCCOc1ccccc1. The molecule has 0 spiro atoms. The zero-order valence-electron chi connectivity index (χ0n) is 14.6. The summed E-state index contributed by atoms with van der Waals surface area (Å²) in [6.45, 7) is 0.368. The summed E-state index contributed by atoms with van der Waals surface area (Å²) < 4.78 is 10.5. The molecule has 27 heavy (non-hydrogen) atoms. The Hall–Kier alpha value is -3.74. The van der Waals surface area contributed by atoms with E-state index in [-0.39, 0.29) is 19.0 Å². The average Bonchev–Trinajstić information content (AvgIpc) is 2.69. The van der Waals surface area contributed by atoms with Crippen molar-refractivity contribution >= 4 is 29.1 Å². The van der Waals surface area contributed by atoms with Gasteiger partial charge in [0, 0.05) is 5.69 Å². The molecule has 1 amide bonds. The molecule has 3 rings (SSSR count). The molecule has 0 fully saturated rings. The van der Waals surface area contributed by atoms with Crippen molar-refractivity contribution in [3.8, 4) is 5.75 Å². The van der Waals surface area contributed by atoms with E-state index in [1.165, 1.54) is 0 Å². The van der Waals surface area contributed by atoms with E-state index < -0.39 is 6.09 Å². The van der Waals surface area contributed by atoms with Crippen LogP contribution < -0.4 is 21.1 Å². The van der Waals surface area contributed by atoms with Gasteiger partial charge in [-0.15, -0.1) is 0 Å². The molecule has 4 N–H and O–H groups in total. The molecule has 0 aliphatic heterocycles. The number of nitrogens with two attached hydrogens (primary N) is 1. The first kappa shape index (κ1) is 18.1. The van der Waals surface area contributed by atoms with Gasteiger partial charge < -0.3 is 20.5 Å². The van der Waals surface area contributed by atoms with Gasteiger partial charge in [-0.1, -0.05) is 36.4 Å². The molecule has 0 aliphatic rings. The third-order valence-electron chi connectivity index (χ3n) is 3.54. The summed E-state index contributed by atoms with van der Waals surface area (Å²) in [6, 6.07) is 22.3. The van der Waals surface area contributed by atoms with Crippen LogP contribution in [0.3, 0.4) is 0 Å². The lowest BCUT2D eigenvalue weighted by Crippen LogP contribution is -2.18. The Labute approximate surface area is 157 Å². The molecule has 0 saturated carbocycles. The van der Waals surface area contributed by atoms with E-state index in [4.69, 9.17) is 15.2 Å². The average molecular weight is 364 g/mol. The molecule has 0 bridgehead atoms. The topological polar surface area (TPSA) is 98.5 Å². The molecule has 0 aliphatic carbocycles. The molecule has 0 radical (unpaired) electrons. The molecule has 1 aromatic heterocycles. The zero-order valence-corrected chi connectivity index (χ0v) is 14.6. The van der Waals surface area contributed by atoms with E-state index in [9.17, 15) is 4.79 Å². The quantitative estimate of drug-likeness (QED) is 0.547. The van der Waals surface area contributed by atoms with E-state index in [0.29, 0.717) is 11.5 Å². The molecular formula is C20H20N4O3. The Kier molecular flexibility index (Phi) is 6.08. The molecule has 0 unspecified atom stereocenters. The summed E-state index contributed by atoms with van der Waals surface area (Å²) in [7, 11) is 0. The van der Waals surface area contributed by atoms with Gasteiger partial charge in [0.15, 0.2) is 0 Å². The Morgan fingerprint density at radius 2 is 1.63 bits per heavy atom. The van der Waals surface area contributed by atoms with Gasteiger partial charge in [-0.05, 0) is 36.4 Å². The van der Waals surface area contributed by atoms with Crippen LogP contribution in [0.25, 0.3) is 0 Å². The van der Waals surface area contributed by atoms with Gasteiger partial charge in [0.1, 0.15) is 30.6 Å². The van der Waals surface area contributed by atoms with Crippen molar-refractivity contribution in [2.75, 3.05) is 29.6 Å². The minimum absolute atomic E-state index is 0.113. The van der Waals surface area contributed by atoms with Crippen LogP contribution in [0.15, 0.2) is 72.8 Å². The van der Waals surface area contributed by atoms with Crippen molar-refractivity contribution in [3.05, 3.63) is 72.8 Å². The maximum Gasteiger partial charge on any atom is 0.411 e. The van der Waals surface area contributed by atoms with E-state index in [1.54, 1.807) is 12.1 Å². The van der Waals surface area contributed by atoms with Crippen LogP contribution in [-0.2, 0) is 4.74 Å². The molecular weight excluding hydrogens is 344 g/mol. The van der Waals surface area contributed by atoms with Gasteiger partial charge in [0.25, 0.3) is 0 Å². The van der Waals surface area contributed by atoms with Gasteiger partial charge in [-0.3, -0.25) is 5.32 Å². The normalized spacial score (nSPS) is 10.1. The molecule has 7 heteroatoms. The number of hydrogen-bond acceptors (Lipinski definition) is 6. The lowest BCUT2D eigenvalue weighted by atomic mass is 10.3. The summed E-state index contributed by atoms with van der Waals surface area (Å²) in [5, 5.41) is 5.70. The van der Waals surface area contributed by atoms with E-state index in [0.717, 1.165) is 11.4 Å². The highest BCUT2D eigenvalue weighted by molar-refractivity contribution is 5.88.